The molecule has 0 saturated carbocycles. The molecule has 3 heteroatoms. The van der Waals surface area contributed by atoms with Crippen molar-refractivity contribution in [3.63, 3.8) is 0 Å². The van der Waals surface area contributed by atoms with Gasteiger partial charge in [-0.3, -0.25) is 5.10 Å². The maximum atomic E-state index is 5.69. The summed E-state index contributed by atoms with van der Waals surface area (Å²) in [4.78, 5) is 0. The van der Waals surface area contributed by atoms with E-state index in [0.717, 1.165) is 23.5 Å². The van der Waals surface area contributed by atoms with Crippen LogP contribution in [-0.2, 0) is 6.42 Å². The minimum atomic E-state index is 0.801. The predicted molar refractivity (Wildman–Crippen MR) is 57.0 cm³/mol. The molecule has 0 aliphatic heterocycles. The van der Waals surface area contributed by atoms with Gasteiger partial charge in [0, 0.05) is 17.8 Å². The molecule has 0 atom stereocenters. The van der Waals surface area contributed by atoms with Crippen molar-refractivity contribution < 1.29 is 0 Å². The number of H-pyrrole nitrogens is 1. The van der Waals surface area contributed by atoms with E-state index in [2.05, 4.69) is 16.3 Å². The fourth-order valence-electron chi connectivity index (χ4n) is 1.48. The Bertz CT molecular complexity index is 432. The normalized spacial score (nSPS) is 10.4. The van der Waals surface area contributed by atoms with Crippen molar-refractivity contribution in [2.45, 2.75) is 13.3 Å². The van der Waals surface area contributed by atoms with Gasteiger partial charge in [-0.1, -0.05) is 12.1 Å². The van der Waals surface area contributed by atoms with Gasteiger partial charge in [-0.25, -0.2) is 0 Å². The number of anilines is 1. The van der Waals surface area contributed by atoms with E-state index < -0.39 is 0 Å². The topological polar surface area (TPSA) is 54.7 Å². The third kappa shape index (κ3) is 1.93. The molecule has 0 radical (unpaired) electrons. The Kier molecular flexibility index (Phi) is 2.23. The van der Waals surface area contributed by atoms with E-state index in [0.29, 0.717) is 0 Å². The quantitative estimate of drug-likeness (QED) is 0.705. The number of nitrogen functional groups attached to an aromatic ring is 1. The highest BCUT2D eigenvalue weighted by Gasteiger charge is 1.99. The lowest BCUT2D eigenvalue weighted by atomic mass is 10.1. The third-order valence-electron chi connectivity index (χ3n) is 2.10. The number of aryl methyl sites for hydroxylation is 1. The molecule has 1 heterocycles. The maximum absolute atomic E-state index is 5.69. The van der Waals surface area contributed by atoms with Crippen LogP contribution in [0.4, 0.5) is 5.69 Å². The van der Waals surface area contributed by atoms with Crippen LogP contribution in [0.15, 0.2) is 30.3 Å². The molecule has 0 bridgehead atoms. The average Bonchev–Trinajstić information content (AvgIpc) is 2.51. The third-order valence-corrected chi connectivity index (χ3v) is 2.10. The molecule has 14 heavy (non-hydrogen) atoms. The number of nitrogens with one attached hydrogen (secondary N) is 1. The van der Waals surface area contributed by atoms with Crippen molar-refractivity contribution in [2.24, 2.45) is 0 Å². The molecule has 3 nitrogen and oxygen atoms in total. The first kappa shape index (κ1) is 8.81. The smallest absolute Gasteiger partial charge is 0.0668 e. The molecule has 0 amide bonds. The predicted octanol–water partition coefficient (Wildman–Crippen LogP) is 1.89. The highest BCUT2D eigenvalue weighted by molar-refractivity contribution is 5.41. The monoisotopic (exact) mass is 187 g/mol. The van der Waals surface area contributed by atoms with E-state index in [-0.39, 0.29) is 0 Å². The van der Waals surface area contributed by atoms with Crippen molar-refractivity contribution in [1.82, 2.24) is 10.2 Å². The van der Waals surface area contributed by atoms with Crippen molar-refractivity contribution >= 4 is 5.69 Å². The Labute approximate surface area is 83.0 Å². The molecular weight excluding hydrogens is 174 g/mol. The fourth-order valence-corrected chi connectivity index (χ4v) is 1.48. The summed E-state index contributed by atoms with van der Waals surface area (Å²) in [5.74, 6) is 0. The van der Waals surface area contributed by atoms with Crippen molar-refractivity contribution in [3.05, 3.63) is 47.3 Å². The van der Waals surface area contributed by atoms with Gasteiger partial charge in [0.1, 0.15) is 0 Å². The lowest BCUT2D eigenvalue weighted by Crippen LogP contribution is -1.91. The lowest BCUT2D eigenvalue weighted by Gasteiger charge is -1.98. The Morgan fingerprint density at radius 3 is 2.86 bits per heavy atom. The van der Waals surface area contributed by atoms with Crippen molar-refractivity contribution in [3.8, 4) is 0 Å². The molecule has 0 unspecified atom stereocenters. The Hall–Kier alpha value is -1.77. The number of aromatic nitrogens is 2. The molecule has 0 aliphatic rings. The highest BCUT2D eigenvalue weighted by atomic mass is 15.1. The number of benzene rings is 1. The zero-order chi connectivity index (χ0) is 9.97. The zero-order valence-corrected chi connectivity index (χ0v) is 8.12. The second-order valence-electron chi connectivity index (χ2n) is 3.46. The Morgan fingerprint density at radius 1 is 1.36 bits per heavy atom. The molecule has 1 aromatic carbocycles. The number of hydrogen-bond donors (Lipinski definition) is 2. The minimum Gasteiger partial charge on any atom is -0.399 e. The Morgan fingerprint density at radius 2 is 2.21 bits per heavy atom. The van der Waals surface area contributed by atoms with E-state index in [1.807, 2.05) is 31.2 Å². The summed E-state index contributed by atoms with van der Waals surface area (Å²) in [6, 6.07) is 9.93. The van der Waals surface area contributed by atoms with Gasteiger partial charge in [0.2, 0.25) is 0 Å². The fraction of sp³-hybridized carbons (Fsp3) is 0.182. The van der Waals surface area contributed by atoms with E-state index in [1.54, 1.807) is 0 Å². The van der Waals surface area contributed by atoms with Crippen LogP contribution < -0.4 is 5.73 Å². The van der Waals surface area contributed by atoms with Gasteiger partial charge < -0.3 is 5.73 Å². The number of nitrogens with zero attached hydrogens (tertiary/aromatic N) is 1. The molecule has 2 aromatic rings. The minimum absolute atomic E-state index is 0.801. The summed E-state index contributed by atoms with van der Waals surface area (Å²) in [5.41, 5.74) is 9.82. The number of nitrogens with two attached hydrogens (primary N) is 1. The SMILES string of the molecule is Cc1cc(Cc2cccc(N)c2)n[nH]1. The van der Waals surface area contributed by atoms with Gasteiger partial charge in [0.25, 0.3) is 0 Å². The van der Waals surface area contributed by atoms with E-state index >= 15 is 0 Å². The van der Waals surface area contributed by atoms with Crippen LogP contribution in [0.25, 0.3) is 0 Å². The summed E-state index contributed by atoms with van der Waals surface area (Å²) in [7, 11) is 0. The number of hydrogen-bond acceptors (Lipinski definition) is 2. The zero-order valence-electron chi connectivity index (χ0n) is 8.12. The lowest BCUT2D eigenvalue weighted by molar-refractivity contribution is 0.980. The molecule has 0 saturated heterocycles. The second kappa shape index (κ2) is 3.54. The maximum Gasteiger partial charge on any atom is 0.0668 e. The molecule has 0 aliphatic carbocycles. The van der Waals surface area contributed by atoms with Gasteiger partial charge in [-0.05, 0) is 30.7 Å². The second-order valence-corrected chi connectivity index (χ2v) is 3.46. The molecule has 0 fully saturated rings. The average molecular weight is 187 g/mol. The molecule has 2 rings (SSSR count). The van der Waals surface area contributed by atoms with Gasteiger partial charge >= 0.3 is 0 Å². The molecule has 3 N–H and O–H groups in total. The first-order valence-electron chi connectivity index (χ1n) is 4.59. The first-order chi connectivity index (χ1) is 6.74. The first-order valence-corrected chi connectivity index (χ1v) is 4.59. The van der Waals surface area contributed by atoms with Crippen LogP contribution in [0.2, 0.25) is 0 Å². The van der Waals surface area contributed by atoms with E-state index in [1.165, 1.54) is 5.56 Å². The van der Waals surface area contributed by atoms with Gasteiger partial charge in [0.05, 0.1) is 5.69 Å². The van der Waals surface area contributed by atoms with Gasteiger partial charge in [0.15, 0.2) is 0 Å². The molecular formula is C11H13N3. The van der Waals surface area contributed by atoms with E-state index in [9.17, 15) is 0 Å². The van der Waals surface area contributed by atoms with Crippen LogP contribution >= 0.6 is 0 Å². The Balaban J connectivity index is 2.18. The number of rotatable bonds is 2. The van der Waals surface area contributed by atoms with E-state index in [4.69, 9.17) is 5.73 Å². The summed E-state index contributed by atoms with van der Waals surface area (Å²) in [5, 5.41) is 7.10. The molecule has 72 valence electrons. The van der Waals surface area contributed by atoms with Gasteiger partial charge in [-0.15, -0.1) is 0 Å². The van der Waals surface area contributed by atoms with Crippen LogP contribution in [0.5, 0.6) is 0 Å². The largest absolute Gasteiger partial charge is 0.399 e. The van der Waals surface area contributed by atoms with Crippen LogP contribution in [0.3, 0.4) is 0 Å². The van der Waals surface area contributed by atoms with Crippen molar-refractivity contribution in [2.75, 3.05) is 5.73 Å². The summed E-state index contributed by atoms with van der Waals surface area (Å²) >= 11 is 0. The highest BCUT2D eigenvalue weighted by Crippen LogP contribution is 2.11. The summed E-state index contributed by atoms with van der Waals surface area (Å²) < 4.78 is 0. The summed E-state index contributed by atoms with van der Waals surface area (Å²) in [6.07, 6.45) is 0.829. The number of aromatic amines is 1. The molecule has 1 aromatic heterocycles. The van der Waals surface area contributed by atoms with Crippen molar-refractivity contribution in [1.29, 1.82) is 0 Å². The molecule has 0 spiro atoms. The van der Waals surface area contributed by atoms with Crippen LogP contribution in [-0.4, -0.2) is 10.2 Å². The van der Waals surface area contributed by atoms with Crippen LogP contribution in [0.1, 0.15) is 17.0 Å². The summed E-state index contributed by atoms with van der Waals surface area (Å²) in [6.45, 7) is 2.00. The van der Waals surface area contributed by atoms with Gasteiger partial charge in [-0.2, -0.15) is 5.10 Å². The van der Waals surface area contributed by atoms with Crippen LogP contribution in [0, 0.1) is 6.92 Å². The standard InChI is InChI=1S/C11H13N3/c1-8-5-11(14-13-8)7-9-3-2-4-10(12)6-9/h2-6H,7,12H2,1H3,(H,13,14).